The number of hydrogen-bond acceptors (Lipinski definition) is 7. The lowest BCUT2D eigenvalue weighted by Gasteiger charge is -2.11. The third-order valence-electron chi connectivity index (χ3n) is 6.02. The summed E-state index contributed by atoms with van der Waals surface area (Å²) in [4.78, 5) is 16.1. The fourth-order valence-electron chi connectivity index (χ4n) is 4.20. The van der Waals surface area contributed by atoms with Gasteiger partial charge < -0.3 is 4.42 Å². The normalized spacial score (nSPS) is 11.3. The fourth-order valence-corrected chi connectivity index (χ4v) is 5.04. The average molecular weight is 531 g/mol. The first kappa shape index (κ1) is 24.3. The maximum atomic E-state index is 12.1. The molecule has 0 aliphatic carbocycles. The van der Waals surface area contributed by atoms with E-state index in [9.17, 15) is 4.79 Å². The smallest absolute Gasteiger partial charge is 0.272 e. The zero-order valence-corrected chi connectivity index (χ0v) is 21.5. The first-order valence-electron chi connectivity index (χ1n) is 12.2. The zero-order valence-electron chi connectivity index (χ0n) is 20.6. The third kappa shape index (κ3) is 5.48. The number of hydrogen-bond donors (Lipinski definition) is 1. The van der Waals surface area contributed by atoms with Crippen molar-refractivity contribution < 1.29 is 9.21 Å². The molecular formula is C30H22N6O2S. The van der Waals surface area contributed by atoms with Gasteiger partial charge in [0.1, 0.15) is 11.6 Å². The van der Waals surface area contributed by atoms with Crippen LogP contribution in [0.3, 0.4) is 0 Å². The number of benzene rings is 3. The van der Waals surface area contributed by atoms with Gasteiger partial charge in [-0.25, -0.2) is 5.43 Å². The molecule has 6 rings (SSSR count). The number of amides is 1. The Hall–Kier alpha value is -5.02. The van der Waals surface area contributed by atoms with Crippen LogP contribution in [0, 0.1) is 0 Å². The Morgan fingerprint density at radius 2 is 1.77 bits per heavy atom. The Morgan fingerprint density at radius 3 is 2.64 bits per heavy atom. The predicted octanol–water partition coefficient (Wildman–Crippen LogP) is 5.91. The molecule has 3 aromatic heterocycles. The van der Waals surface area contributed by atoms with Crippen molar-refractivity contribution in [3.63, 3.8) is 0 Å². The number of para-hydroxylation sites is 1. The van der Waals surface area contributed by atoms with Gasteiger partial charge in [0.25, 0.3) is 5.91 Å². The van der Waals surface area contributed by atoms with Gasteiger partial charge in [0.2, 0.25) is 5.16 Å². The van der Waals surface area contributed by atoms with E-state index in [2.05, 4.69) is 66.7 Å². The molecule has 190 valence electrons. The first-order valence-corrected chi connectivity index (χ1v) is 13.0. The molecule has 0 bridgehead atoms. The van der Waals surface area contributed by atoms with E-state index in [0.717, 1.165) is 11.5 Å². The lowest BCUT2D eigenvalue weighted by atomic mass is 10.0. The highest BCUT2D eigenvalue weighted by molar-refractivity contribution is 7.99. The molecule has 8 nitrogen and oxygen atoms in total. The molecule has 0 radical (unpaired) electrons. The van der Waals surface area contributed by atoms with Gasteiger partial charge in [-0.2, -0.15) is 5.10 Å². The van der Waals surface area contributed by atoms with E-state index in [1.165, 1.54) is 40.5 Å². The van der Waals surface area contributed by atoms with Gasteiger partial charge in [0.15, 0.2) is 5.09 Å². The van der Waals surface area contributed by atoms with E-state index in [4.69, 9.17) is 4.42 Å². The van der Waals surface area contributed by atoms with Crippen LogP contribution in [-0.4, -0.2) is 31.9 Å². The van der Waals surface area contributed by atoms with E-state index in [0.29, 0.717) is 28.0 Å². The summed E-state index contributed by atoms with van der Waals surface area (Å²) in [5, 5.41) is 16.8. The molecule has 3 heterocycles. The van der Waals surface area contributed by atoms with Crippen LogP contribution in [0.2, 0.25) is 0 Å². The van der Waals surface area contributed by atoms with E-state index in [1.807, 2.05) is 42.5 Å². The predicted molar refractivity (Wildman–Crippen MR) is 150 cm³/mol. The Bertz CT molecular complexity index is 1760. The minimum Gasteiger partial charge on any atom is -0.448 e. The van der Waals surface area contributed by atoms with Crippen molar-refractivity contribution in [2.45, 2.75) is 16.7 Å². The molecule has 0 aliphatic rings. The highest BCUT2D eigenvalue weighted by Crippen LogP contribution is 2.31. The summed E-state index contributed by atoms with van der Waals surface area (Å²) >= 11 is 1.37. The number of hydrazone groups is 1. The number of rotatable bonds is 8. The molecule has 1 amide bonds. The van der Waals surface area contributed by atoms with Crippen molar-refractivity contribution in [2.24, 2.45) is 5.10 Å². The lowest BCUT2D eigenvalue weighted by Crippen LogP contribution is -2.17. The number of aromatic nitrogens is 4. The SMILES string of the molecule is O=C(N/N=C/c1ccc(Sc2nnc(Cc3cccc4ccccc34)n2-c2ccccc2)o1)c1cccnc1. The monoisotopic (exact) mass is 530 g/mol. The standard InChI is InChI=1S/C30H22N6O2S/c37-29(23-11-7-17-31-19-23)34-32-20-25-15-16-28(38-25)39-30-35-33-27(36(30)24-12-2-1-3-13-24)18-22-10-6-9-21-8-4-5-14-26(21)22/h1-17,19-20H,18H2,(H,34,37)/b32-20+. The molecule has 0 spiro atoms. The molecular weight excluding hydrogens is 508 g/mol. The van der Waals surface area contributed by atoms with Crippen LogP contribution in [-0.2, 0) is 6.42 Å². The van der Waals surface area contributed by atoms with Crippen LogP contribution in [0.15, 0.2) is 129 Å². The minimum absolute atomic E-state index is 0.352. The highest BCUT2D eigenvalue weighted by Gasteiger charge is 2.18. The summed E-state index contributed by atoms with van der Waals surface area (Å²) in [6.45, 7) is 0. The van der Waals surface area contributed by atoms with Gasteiger partial charge in [0.05, 0.1) is 11.8 Å². The Labute approximate surface area is 228 Å². The molecule has 0 aliphatic heterocycles. The van der Waals surface area contributed by atoms with Gasteiger partial charge in [-0.05, 0) is 64.5 Å². The van der Waals surface area contributed by atoms with Gasteiger partial charge in [-0.3, -0.25) is 14.3 Å². The fraction of sp³-hybridized carbons (Fsp3) is 0.0333. The van der Waals surface area contributed by atoms with Crippen molar-refractivity contribution in [1.82, 2.24) is 25.2 Å². The second kappa shape index (κ2) is 11.2. The van der Waals surface area contributed by atoms with Crippen LogP contribution in [0.1, 0.15) is 27.5 Å². The molecule has 3 aromatic carbocycles. The summed E-state index contributed by atoms with van der Waals surface area (Å²) in [7, 11) is 0. The average Bonchev–Trinajstić information content (AvgIpc) is 3.60. The molecule has 1 N–H and O–H groups in total. The largest absolute Gasteiger partial charge is 0.448 e. The quantitative estimate of drug-likeness (QED) is 0.194. The number of nitrogens with one attached hydrogen (secondary N) is 1. The topological polar surface area (TPSA) is 98.2 Å². The van der Waals surface area contributed by atoms with Crippen LogP contribution in [0.4, 0.5) is 0 Å². The van der Waals surface area contributed by atoms with Gasteiger partial charge in [0, 0.05) is 24.5 Å². The number of carbonyl (C=O) groups is 1. The maximum absolute atomic E-state index is 12.1. The first-order chi connectivity index (χ1) is 19.2. The number of carbonyl (C=O) groups excluding carboxylic acids is 1. The number of nitrogens with zero attached hydrogens (tertiary/aromatic N) is 5. The zero-order chi connectivity index (χ0) is 26.4. The van der Waals surface area contributed by atoms with Crippen LogP contribution >= 0.6 is 11.8 Å². The minimum atomic E-state index is -0.352. The summed E-state index contributed by atoms with van der Waals surface area (Å²) in [6, 6.07) is 31.7. The Balaban J connectivity index is 1.24. The van der Waals surface area contributed by atoms with Crippen molar-refractivity contribution in [1.29, 1.82) is 0 Å². The van der Waals surface area contributed by atoms with Crippen molar-refractivity contribution in [3.8, 4) is 5.69 Å². The maximum Gasteiger partial charge on any atom is 0.272 e. The Morgan fingerprint density at radius 1 is 0.923 bits per heavy atom. The van der Waals surface area contributed by atoms with Gasteiger partial charge in [-0.15, -0.1) is 10.2 Å². The van der Waals surface area contributed by atoms with Crippen molar-refractivity contribution in [2.75, 3.05) is 0 Å². The summed E-state index contributed by atoms with van der Waals surface area (Å²) < 4.78 is 7.97. The molecule has 0 saturated heterocycles. The second-order valence-electron chi connectivity index (χ2n) is 8.58. The van der Waals surface area contributed by atoms with E-state index >= 15 is 0 Å². The number of fused-ring (bicyclic) bond motifs is 1. The molecule has 6 aromatic rings. The number of pyridine rings is 1. The molecule has 0 unspecified atom stereocenters. The highest BCUT2D eigenvalue weighted by atomic mass is 32.2. The third-order valence-corrected chi connectivity index (χ3v) is 6.89. The molecule has 0 atom stereocenters. The van der Waals surface area contributed by atoms with E-state index in [1.54, 1.807) is 24.4 Å². The summed E-state index contributed by atoms with van der Waals surface area (Å²) in [5.41, 5.74) is 5.04. The van der Waals surface area contributed by atoms with Gasteiger partial charge in [-0.1, -0.05) is 60.7 Å². The summed E-state index contributed by atoms with van der Waals surface area (Å²) in [5.74, 6) is 0.965. The van der Waals surface area contributed by atoms with E-state index < -0.39 is 0 Å². The number of furan rings is 1. The van der Waals surface area contributed by atoms with Crippen molar-refractivity contribution in [3.05, 3.63) is 132 Å². The van der Waals surface area contributed by atoms with Gasteiger partial charge >= 0.3 is 0 Å². The molecule has 0 saturated carbocycles. The van der Waals surface area contributed by atoms with Crippen molar-refractivity contribution >= 4 is 34.7 Å². The molecule has 39 heavy (non-hydrogen) atoms. The molecule has 9 heteroatoms. The summed E-state index contributed by atoms with van der Waals surface area (Å²) in [6.07, 6.45) is 5.15. The van der Waals surface area contributed by atoms with Crippen LogP contribution < -0.4 is 5.43 Å². The Kier molecular flexibility index (Phi) is 6.96. The lowest BCUT2D eigenvalue weighted by molar-refractivity contribution is 0.0954. The van der Waals surface area contributed by atoms with Crippen LogP contribution in [0.5, 0.6) is 0 Å². The molecule has 0 fully saturated rings. The second-order valence-corrected chi connectivity index (χ2v) is 9.56. The van der Waals surface area contributed by atoms with Crippen LogP contribution in [0.25, 0.3) is 16.5 Å². The van der Waals surface area contributed by atoms with E-state index in [-0.39, 0.29) is 5.91 Å².